The largest absolute Gasteiger partial charge is 0.306 e. The van der Waals surface area contributed by atoms with Crippen molar-refractivity contribution in [1.29, 1.82) is 0 Å². The Morgan fingerprint density at radius 1 is 1.00 bits per heavy atom. The number of hydrogen-bond donors (Lipinski definition) is 0. The highest BCUT2D eigenvalue weighted by atomic mass is 32.2. The normalized spacial score (nSPS) is 16.0. The summed E-state index contributed by atoms with van der Waals surface area (Å²) in [6.45, 7) is 3.73. The molecule has 0 aliphatic carbocycles. The second kappa shape index (κ2) is 6.06. The molecule has 0 fully saturated rings. The van der Waals surface area contributed by atoms with Crippen molar-refractivity contribution in [2.75, 3.05) is 20.1 Å². The fourth-order valence-corrected chi connectivity index (χ4v) is 4.55. The lowest BCUT2D eigenvalue weighted by Gasteiger charge is -2.13. The van der Waals surface area contributed by atoms with Gasteiger partial charge in [-0.05, 0) is 73.8 Å². The van der Waals surface area contributed by atoms with Crippen molar-refractivity contribution in [1.82, 2.24) is 4.90 Å². The van der Waals surface area contributed by atoms with Gasteiger partial charge in [-0.15, -0.1) is 0 Å². The third-order valence-corrected chi connectivity index (χ3v) is 6.35. The van der Waals surface area contributed by atoms with Gasteiger partial charge in [-0.2, -0.15) is 0 Å². The van der Waals surface area contributed by atoms with Gasteiger partial charge in [0.25, 0.3) is 0 Å². The molecular weight excluding hydrogens is 313 g/mol. The molecule has 5 heteroatoms. The molecule has 0 unspecified atom stereocenters. The zero-order valence-corrected chi connectivity index (χ0v) is 14.2. The van der Waals surface area contributed by atoms with E-state index in [0.29, 0.717) is 4.90 Å². The molecule has 0 saturated heterocycles. The lowest BCUT2D eigenvalue weighted by Crippen LogP contribution is -2.20. The number of fused-ring (bicyclic) bond motifs is 1. The second-order valence-electron chi connectivity index (χ2n) is 6.15. The van der Waals surface area contributed by atoms with Gasteiger partial charge >= 0.3 is 0 Å². The fourth-order valence-electron chi connectivity index (χ4n) is 3.02. The predicted molar refractivity (Wildman–Crippen MR) is 87.9 cm³/mol. The topological polar surface area (TPSA) is 37.4 Å². The highest BCUT2D eigenvalue weighted by Crippen LogP contribution is 2.28. The summed E-state index contributed by atoms with van der Waals surface area (Å²) >= 11 is 0. The number of likely N-dealkylation sites (N-methyl/N-ethyl adjacent to an activating group) is 1. The van der Waals surface area contributed by atoms with Gasteiger partial charge in [-0.1, -0.05) is 6.07 Å². The van der Waals surface area contributed by atoms with Crippen LogP contribution in [-0.2, 0) is 22.7 Å². The second-order valence-corrected chi connectivity index (χ2v) is 8.07. The third-order valence-electron chi connectivity index (χ3n) is 4.44. The molecule has 23 heavy (non-hydrogen) atoms. The smallest absolute Gasteiger partial charge is 0.206 e. The van der Waals surface area contributed by atoms with Crippen molar-refractivity contribution in [2.45, 2.75) is 29.6 Å². The van der Waals surface area contributed by atoms with E-state index in [2.05, 4.69) is 11.9 Å². The minimum Gasteiger partial charge on any atom is -0.306 e. The standard InChI is InChI=1S/C18H20FNO2S/c1-13-11-14-7-9-20(2)10-8-15(14)12-18(13)23(21,22)17-5-3-16(19)4-6-17/h3-6,11-12H,7-10H2,1-2H3. The molecule has 0 atom stereocenters. The summed E-state index contributed by atoms with van der Waals surface area (Å²) < 4.78 is 38.8. The Hall–Kier alpha value is -1.72. The van der Waals surface area contributed by atoms with Gasteiger partial charge in [-0.25, -0.2) is 12.8 Å². The van der Waals surface area contributed by atoms with E-state index >= 15 is 0 Å². The first-order valence-corrected chi connectivity index (χ1v) is 9.18. The molecule has 0 spiro atoms. The van der Waals surface area contributed by atoms with Gasteiger partial charge in [0.1, 0.15) is 5.82 Å². The van der Waals surface area contributed by atoms with Gasteiger partial charge in [0, 0.05) is 13.1 Å². The molecule has 1 aliphatic heterocycles. The molecule has 0 radical (unpaired) electrons. The van der Waals surface area contributed by atoms with Crippen LogP contribution < -0.4 is 0 Å². The van der Waals surface area contributed by atoms with Gasteiger partial charge in [0.15, 0.2) is 0 Å². The van der Waals surface area contributed by atoms with Crippen LogP contribution in [0.4, 0.5) is 4.39 Å². The first-order chi connectivity index (χ1) is 10.9. The zero-order valence-electron chi connectivity index (χ0n) is 13.3. The van der Waals surface area contributed by atoms with Gasteiger partial charge in [-0.3, -0.25) is 0 Å². The molecule has 0 N–H and O–H groups in total. The summed E-state index contributed by atoms with van der Waals surface area (Å²) in [6, 6.07) is 8.81. The summed E-state index contributed by atoms with van der Waals surface area (Å²) in [5, 5.41) is 0. The molecule has 0 saturated carbocycles. The third kappa shape index (κ3) is 3.16. The molecule has 0 amide bonds. The highest BCUT2D eigenvalue weighted by molar-refractivity contribution is 7.91. The van der Waals surface area contributed by atoms with Crippen LogP contribution in [0.5, 0.6) is 0 Å². The number of rotatable bonds is 2. The molecule has 2 aromatic carbocycles. The number of hydrogen-bond acceptors (Lipinski definition) is 3. The molecule has 3 nitrogen and oxygen atoms in total. The van der Waals surface area contributed by atoms with Crippen LogP contribution in [-0.4, -0.2) is 33.5 Å². The first kappa shape index (κ1) is 16.1. The molecule has 1 aliphatic rings. The molecule has 1 heterocycles. The van der Waals surface area contributed by atoms with Gasteiger partial charge in [0.2, 0.25) is 9.84 Å². The lowest BCUT2D eigenvalue weighted by molar-refractivity contribution is 0.352. The van der Waals surface area contributed by atoms with Crippen molar-refractivity contribution in [3.63, 3.8) is 0 Å². The van der Waals surface area contributed by atoms with E-state index in [0.717, 1.165) is 37.1 Å². The van der Waals surface area contributed by atoms with E-state index in [9.17, 15) is 12.8 Å². The summed E-state index contributed by atoms with van der Waals surface area (Å²) in [5.41, 5.74) is 3.07. The minimum atomic E-state index is -3.63. The van der Waals surface area contributed by atoms with Crippen molar-refractivity contribution < 1.29 is 12.8 Å². The summed E-state index contributed by atoms with van der Waals surface area (Å²) in [4.78, 5) is 2.71. The summed E-state index contributed by atoms with van der Waals surface area (Å²) in [5.74, 6) is -0.439. The van der Waals surface area contributed by atoms with Crippen LogP contribution in [0.3, 0.4) is 0 Å². The van der Waals surface area contributed by atoms with E-state index in [1.807, 2.05) is 19.1 Å². The van der Waals surface area contributed by atoms with E-state index in [1.165, 1.54) is 29.8 Å². The average molecular weight is 333 g/mol. The van der Waals surface area contributed by atoms with Crippen molar-refractivity contribution in [2.24, 2.45) is 0 Å². The minimum absolute atomic E-state index is 0.132. The Morgan fingerprint density at radius 2 is 1.57 bits per heavy atom. The van der Waals surface area contributed by atoms with Crippen molar-refractivity contribution >= 4 is 9.84 Å². The molecule has 0 aromatic heterocycles. The van der Waals surface area contributed by atoms with Crippen molar-refractivity contribution in [3.8, 4) is 0 Å². The van der Waals surface area contributed by atoms with Crippen molar-refractivity contribution in [3.05, 3.63) is 58.9 Å². The number of sulfone groups is 1. The molecular formula is C18H20FNO2S. The van der Waals surface area contributed by atoms with Crippen LogP contribution in [0.15, 0.2) is 46.2 Å². The van der Waals surface area contributed by atoms with E-state index in [4.69, 9.17) is 0 Å². The Labute approximate surface area is 136 Å². The van der Waals surface area contributed by atoms with E-state index < -0.39 is 15.7 Å². The number of nitrogens with zero attached hydrogens (tertiary/aromatic N) is 1. The number of aryl methyl sites for hydroxylation is 1. The molecule has 0 bridgehead atoms. The maximum absolute atomic E-state index is 13.1. The van der Waals surface area contributed by atoms with E-state index in [1.54, 1.807) is 0 Å². The average Bonchev–Trinajstić information content (AvgIpc) is 2.69. The van der Waals surface area contributed by atoms with Crippen LogP contribution >= 0.6 is 0 Å². The summed E-state index contributed by atoms with van der Waals surface area (Å²) in [7, 11) is -1.55. The fraction of sp³-hybridized carbons (Fsp3) is 0.333. The first-order valence-electron chi connectivity index (χ1n) is 7.69. The summed E-state index contributed by atoms with van der Waals surface area (Å²) in [6.07, 6.45) is 1.78. The Morgan fingerprint density at radius 3 is 2.17 bits per heavy atom. The maximum atomic E-state index is 13.1. The number of halogens is 1. The van der Waals surface area contributed by atoms with E-state index in [-0.39, 0.29) is 4.90 Å². The van der Waals surface area contributed by atoms with Crippen LogP contribution in [0, 0.1) is 12.7 Å². The van der Waals surface area contributed by atoms with Gasteiger partial charge < -0.3 is 4.90 Å². The Balaban J connectivity index is 2.08. The lowest BCUT2D eigenvalue weighted by atomic mass is 10.0. The Kier molecular flexibility index (Phi) is 4.25. The maximum Gasteiger partial charge on any atom is 0.206 e. The highest BCUT2D eigenvalue weighted by Gasteiger charge is 2.23. The van der Waals surface area contributed by atoms with Gasteiger partial charge in [0.05, 0.1) is 9.79 Å². The predicted octanol–water partition coefficient (Wildman–Crippen LogP) is 3.00. The molecule has 3 rings (SSSR count). The quantitative estimate of drug-likeness (QED) is 0.793. The van der Waals surface area contributed by atoms with Crippen LogP contribution in [0.1, 0.15) is 16.7 Å². The molecule has 2 aromatic rings. The Bertz CT molecular complexity index is 829. The molecule has 122 valence electrons. The SMILES string of the molecule is Cc1cc2c(cc1S(=O)(=O)c1ccc(F)cc1)CCN(C)CC2. The van der Waals surface area contributed by atoms with Crippen LogP contribution in [0.25, 0.3) is 0 Å². The number of benzene rings is 2. The zero-order chi connectivity index (χ0) is 16.6. The monoisotopic (exact) mass is 333 g/mol. The van der Waals surface area contributed by atoms with Crippen LogP contribution in [0.2, 0.25) is 0 Å².